The summed E-state index contributed by atoms with van der Waals surface area (Å²) in [5, 5.41) is 31.1. The quantitative estimate of drug-likeness (QED) is 0.376. The molecule has 0 saturated carbocycles. The van der Waals surface area contributed by atoms with Gasteiger partial charge in [-0.1, -0.05) is 12.1 Å². The minimum atomic E-state index is -4.38. The van der Waals surface area contributed by atoms with E-state index >= 15 is 0 Å². The van der Waals surface area contributed by atoms with Crippen LogP contribution in [0.2, 0.25) is 0 Å². The number of anilines is 2. The highest BCUT2D eigenvalue weighted by atomic mass is 32.2. The number of nitrogens with one attached hydrogen (secondary N) is 1. The molecule has 0 aliphatic carbocycles. The summed E-state index contributed by atoms with van der Waals surface area (Å²) in [4.78, 5) is 22.3. The Kier molecular flexibility index (Phi) is 6.57. The van der Waals surface area contributed by atoms with Crippen LogP contribution in [0.25, 0.3) is 11.3 Å². The Morgan fingerprint density at radius 3 is 2.20 bits per heavy atom. The van der Waals surface area contributed by atoms with Gasteiger partial charge >= 0.3 is 0 Å². The number of morpholine rings is 1. The van der Waals surface area contributed by atoms with E-state index in [4.69, 9.17) is 4.74 Å². The molecule has 0 radical (unpaired) electrons. The summed E-state index contributed by atoms with van der Waals surface area (Å²) >= 11 is 0. The Hall–Kier alpha value is -4.17. The van der Waals surface area contributed by atoms with E-state index < -0.39 is 36.1 Å². The number of aromatic nitrogens is 2. The van der Waals surface area contributed by atoms with Crippen molar-refractivity contribution in [1.29, 1.82) is 0 Å². The highest BCUT2D eigenvalue weighted by Crippen LogP contribution is 2.32. The molecule has 2 heterocycles. The average Bonchev–Trinajstić information content (AvgIpc) is 2.84. The fourth-order valence-corrected chi connectivity index (χ4v) is 4.68. The average molecular weight is 500 g/mol. The zero-order chi connectivity index (χ0) is 25.2. The molecule has 1 saturated heterocycles. The summed E-state index contributed by atoms with van der Waals surface area (Å²) in [5.74, 6) is 0.705. The predicted molar refractivity (Wildman–Crippen MR) is 126 cm³/mol. The molecule has 35 heavy (non-hydrogen) atoms. The van der Waals surface area contributed by atoms with E-state index in [1.807, 2.05) is 11.0 Å². The fraction of sp³-hybridized carbons (Fsp3) is 0.238. The second-order valence-electron chi connectivity index (χ2n) is 7.66. The molecule has 13 nitrogen and oxygen atoms in total. The highest BCUT2D eigenvalue weighted by Gasteiger charge is 2.28. The molecule has 0 unspecified atom stereocenters. The summed E-state index contributed by atoms with van der Waals surface area (Å²) in [6, 6.07) is 11.5. The van der Waals surface area contributed by atoms with Crippen molar-refractivity contribution in [3.05, 3.63) is 74.3 Å². The lowest BCUT2D eigenvalue weighted by atomic mass is 10.1. The molecule has 2 aromatic carbocycles. The van der Waals surface area contributed by atoms with Gasteiger partial charge in [-0.05, 0) is 31.2 Å². The van der Waals surface area contributed by atoms with Gasteiger partial charge in [0.15, 0.2) is 5.82 Å². The molecular formula is C21H20N6O7S. The number of rotatable bonds is 7. The van der Waals surface area contributed by atoms with E-state index in [1.54, 1.807) is 18.2 Å². The van der Waals surface area contributed by atoms with Gasteiger partial charge in [-0.2, -0.15) is 0 Å². The smallest absolute Gasteiger partial charge is 0.280 e. The van der Waals surface area contributed by atoms with Gasteiger partial charge in [0.25, 0.3) is 21.4 Å². The minimum Gasteiger partial charge on any atom is -0.378 e. The van der Waals surface area contributed by atoms with Crippen molar-refractivity contribution in [3.8, 4) is 11.3 Å². The van der Waals surface area contributed by atoms with Gasteiger partial charge in [0.1, 0.15) is 10.5 Å². The lowest BCUT2D eigenvalue weighted by molar-refractivity contribution is -0.395. The molecule has 1 fully saturated rings. The van der Waals surface area contributed by atoms with Crippen molar-refractivity contribution < 1.29 is 23.0 Å². The van der Waals surface area contributed by atoms with Crippen LogP contribution < -0.4 is 9.62 Å². The second-order valence-corrected chi connectivity index (χ2v) is 9.35. The van der Waals surface area contributed by atoms with Gasteiger partial charge < -0.3 is 9.64 Å². The standard InChI is InChI=1S/C21H20N6O7S/c1-14-19(26(28)29)12-17(13-20(14)27(30)31)35(32,33)24-16-4-2-3-15(11-16)18-5-6-21(23-22-18)25-7-9-34-10-8-25/h2-6,11-13,24H,7-10H2,1H3. The van der Waals surface area contributed by atoms with E-state index in [2.05, 4.69) is 14.9 Å². The number of ether oxygens (including phenoxy) is 1. The first kappa shape index (κ1) is 24.0. The van der Waals surface area contributed by atoms with Crippen molar-refractivity contribution in [2.45, 2.75) is 11.8 Å². The van der Waals surface area contributed by atoms with Crippen LogP contribution in [0, 0.1) is 27.2 Å². The van der Waals surface area contributed by atoms with Crippen LogP contribution in [0.15, 0.2) is 53.4 Å². The largest absolute Gasteiger partial charge is 0.378 e. The number of sulfonamides is 1. The molecule has 0 amide bonds. The third kappa shape index (κ3) is 5.17. The Morgan fingerprint density at radius 2 is 1.63 bits per heavy atom. The first-order valence-corrected chi connectivity index (χ1v) is 11.9. The second kappa shape index (κ2) is 9.60. The summed E-state index contributed by atoms with van der Waals surface area (Å²) < 4.78 is 33.5. The van der Waals surface area contributed by atoms with Gasteiger partial charge in [-0.25, -0.2) is 8.42 Å². The molecule has 0 atom stereocenters. The zero-order valence-corrected chi connectivity index (χ0v) is 19.3. The third-order valence-corrected chi connectivity index (χ3v) is 6.79. The van der Waals surface area contributed by atoms with Gasteiger partial charge in [0.2, 0.25) is 0 Å². The van der Waals surface area contributed by atoms with E-state index in [-0.39, 0.29) is 11.3 Å². The Balaban J connectivity index is 1.61. The Bertz CT molecular complexity index is 1350. The number of hydrogen-bond donors (Lipinski definition) is 1. The minimum absolute atomic E-state index is 0.146. The van der Waals surface area contributed by atoms with Crippen LogP contribution in [0.1, 0.15) is 5.56 Å². The molecule has 1 aliphatic heterocycles. The summed E-state index contributed by atoms with van der Waals surface area (Å²) in [6.07, 6.45) is 0. The van der Waals surface area contributed by atoms with Crippen molar-refractivity contribution >= 4 is 32.9 Å². The summed E-state index contributed by atoms with van der Waals surface area (Å²) in [5.41, 5.74) is -0.336. The van der Waals surface area contributed by atoms with E-state index in [1.165, 1.54) is 19.1 Å². The molecule has 0 spiro atoms. The first-order chi connectivity index (χ1) is 16.7. The van der Waals surface area contributed by atoms with E-state index in [9.17, 15) is 28.6 Å². The van der Waals surface area contributed by atoms with Crippen molar-refractivity contribution in [3.63, 3.8) is 0 Å². The maximum absolute atomic E-state index is 12.9. The van der Waals surface area contributed by atoms with Crippen LogP contribution >= 0.6 is 0 Å². The molecule has 1 N–H and O–H groups in total. The summed E-state index contributed by atoms with van der Waals surface area (Å²) in [6.45, 7) is 3.83. The van der Waals surface area contributed by atoms with Gasteiger partial charge in [-0.3, -0.25) is 25.0 Å². The molecule has 14 heteroatoms. The fourth-order valence-electron chi connectivity index (χ4n) is 3.59. The molecule has 3 aromatic rings. The first-order valence-electron chi connectivity index (χ1n) is 10.4. The third-order valence-electron chi connectivity index (χ3n) is 5.43. The number of nitro groups is 2. The van der Waals surface area contributed by atoms with Gasteiger partial charge in [0.05, 0.1) is 28.8 Å². The molecular weight excluding hydrogens is 480 g/mol. The topological polar surface area (TPSA) is 171 Å². The maximum Gasteiger partial charge on any atom is 0.280 e. The van der Waals surface area contributed by atoms with E-state index in [0.29, 0.717) is 43.4 Å². The number of nitrogens with zero attached hydrogens (tertiary/aromatic N) is 5. The molecule has 1 aromatic heterocycles. The normalized spacial score (nSPS) is 13.9. The Morgan fingerprint density at radius 1 is 0.971 bits per heavy atom. The van der Waals surface area contributed by atoms with Crippen molar-refractivity contribution in [1.82, 2.24) is 10.2 Å². The van der Waals surface area contributed by atoms with Crippen molar-refractivity contribution in [2.75, 3.05) is 35.9 Å². The molecule has 1 aliphatic rings. The maximum atomic E-state index is 12.9. The van der Waals surface area contributed by atoms with E-state index in [0.717, 1.165) is 12.1 Å². The van der Waals surface area contributed by atoms with Gasteiger partial charge in [-0.15, -0.1) is 10.2 Å². The monoisotopic (exact) mass is 500 g/mol. The van der Waals surface area contributed by atoms with Crippen LogP contribution in [0.4, 0.5) is 22.9 Å². The SMILES string of the molecule is Cc1c([N+](=O)[O-])cc(S(=O)(=O)Nc2cccc(-c3ccc(N4CCOCC4)nn3)c2)cc1[N+](=O)[O-]. The zero-order valence-electron chi connectivity index (χ0n) is 18.4. The number of nitro benzene ring substituents is 2. The number of benzene rings is 2. The molecule has 182 valence electrons. The molecule has 4 rings (SSSR count). The number of hydrogen-bond acceptors (Lipinski definition) is 10. The van der Waals surface area contributed by atoms with Crippen molar-refractivity contribution in [2.24, 2.45) is 0 Å². The lowest BCUT2D eigenvalue weighted by Crippen LogP contribution is -2.36. The highest BCUT2D eigenvalue weighted by molar-refractivity contribution is 7.92. The molecule has 0 bridgehead atoms. The van der Waals surface area contributed by atoms with Crippen LogP contribution in [0.5, 0.6) is 0 Å². The lowest BCUT2D eigenvalue weighted by Gasteiger charge is -2.27. The van der Waals surface area contributed by atoms with Crippen LogP contribution in [-0.4, -0.2) is 54.8 Å². The van der Waals surface area contributed by atoms with Crippen LogP contribution in [-0.2, 0) is 14.8 Å². The Labute approximate surface area is 199 Å². The van der Waals surface area contributed by atoms with Gasteiger partial charge in [0, 0.05) is 36.5 Å². The summed E-state index contributed by atoms with van der Waals surface area (Å²) in [7, 11) is -4.38. The van der Waals surface area contributed by atoms with Crippen LogP contribution in [0.3, 0.4) is 0 Å². The predicted octanol–water partition coefficient (Wildman–Crippen LogP) is 2.91.